The molecule has 0 aromatic heterocycles. The van der Waals surface area contributed by atoms with E-state index in [1.165, 1.54) is 49.5 Å². The lowest BCUT2D eigenvalue weighted by Crippen LogP contribution is -2.56. The topological polar surface area (TPSA) is 18.5 Å². The molecule has 3 heteroatoms. The van der Waals surface area contributed by atoms with Crippen molar-refractivity contribution in [2.75, 3.05) is 0 Å². The Kier molecular flexibility index (Phi) is 6.62. The maximum Gasteiger partial charge on any atom is 0.230 e. The highest BCUT2D eigenvalue weighted by atomic mass is 16.5. The van der Waals surface area contributed by atoms with Crippen LogP contribution in [-0.2, 0) is 0 Å². The molecule has 0 saturated heterocycles. The second-order valence-electron chi connectivity index (χ2n) is 8.99. The Morgan fingerprint density at radius 2 is 1.12 bits per heavy atom. The van der Waals surface area contributed by atoms with E-state index in [4.69, 9.17) is 9.47 Å². The van der Waals surface area contributed by atoms with Gasteiger partial charge in [0.15, 0.2) is 0 Å². The molecule has 2 heterocycles. The van der Waals surface area contributed by atoms with Crippen molar-refractivity contribution in [3.63, 3.8) is 0 Å². The van der Waals surface area contributed by atoms with Crippen LogP contribution in [0.25, 0.3) is 0 Å². The summed E-state index contributed by atoms with van der Waals surface area (Å²) < 4.78 is 13.3. The second-order valence-corrected chi connectivity index (χ2v) is 8.99. The van der Waals surface area contributed by atoms with E-state index in [0.29, 0.717) is 5.82 Å². The van der Waals surface area contributed by atoms with Crippen molar-refractivity contribution in [1.29, 1.82) is 0 Å². The molecule has 162 valence electrons. The lowest BCUT2D eigenvalue weighted by atomic mass is 9.30. The van der Waals surface area contributed by atoms with Gasteiger partial charge in [0.2, 0.25) is 6.71 Å². The fourth-order valence-electron chi connectivity index (χ4n) is 5.43. The number of hydrogen-bond donors (Lipinski definition) is 0. The van der Waals surface area contributed by atoms with Crippen LogP contribution in [-0.4, -0.2) is 12.8 Å². The van der Waals surface area contributed by atoms with Gasteiger partial charge in [0.1, 0.15) is 17.2 Å². The highest BCUT2D eigenvalue weighted by molar-refractivity contribution is 6.89. The van der Waals surface area contributed by atoms with Crippen LogP contribution in [0.3, 0.4) is 0 Å². The molecule has 0 spiro atoms. The summed E-state index contributed by atoms with van der Waals surface area (Å²) in [6.45, 7) is 0.274. The predicted octanol–water partition coefficient (Wildman–Crippen LogP) is 6.53. The Bertz CT molecular complexity index is 1060. The van der Waals surface area contributed by atoms with Crippen LogP contribution in [0.2, 0.25) is 5.82 Å². The fraction of sp³-hybridized carbons (Fsp3) is 0.310. The van der Waals surface area contributed by atoms with Gasteiger partial charge in [0.05, 0.1) is 6.10 Å². The van der Waals surface area contributed by atoms with Crippen LogP contribution >= 0.6 is 0 Å². The molecule has 1 saturated carbocycles. The lowest BCUT2D eigenvalue weighted by molar-refractivity contribution is 0.170. The molecule has 2 unspecified atom stereocenters. The average Bonchev–Trinajstić information content (AvgIpc) is 2.93. The zero-order valence-corrected chi connectivity index (χ0v) is 18.7. The molecule has 2 aliphatic heterocycles. The van der Waals surface area contributed by atoms with E-state index < -0.39 is 0 Å². The van der Waals surface area contributed by atoms with Crippen molar-refractivity contribution in [3.8, 4) is 17.2 Å². The zero-order chi connectivity index (χ0) is 21.6. The summed E-state index contributed by atoms with van der Waals surface area (Å²) in [5.41, 5.74) is 2.48. The molecule has 0 radical (unpaired) electrons. The highest BCUT2D eigenvalue weighted by Gasteiger charge is 2.45. The lowest BCUT2D eigenvalue weighted by Gasteiger charge is -2.41. The molecular weight excluding hydrogens is 391 g/mol. The second kappa shape index (κ2) is 10.1. The quantitative estimate of drug-likeness (QED) is 0.450. The van der Waals surface area contributed by atoms with Gasteiger partial charge < -0.3 is 9.47 Å². The molecule has 2 atom stereocenters. The summed E-state index contributed by atoms with van der Waals surface area (Å²) in [5.74, 6) is 3.29. The van der Waals surface area contributed by atoms with Crippen molar-refractivity contribution in [3.05, 3.63) is 91.0 Å². The van der Waals surface area contributed by atoms with Crippen LogP contribution in [0.1, 0.15) is 44.9 Å². The molecule has 1 aliphatic carbocycles. The molecule has 1 fully saturated rings. The van der Waals surface area contributed by atoms with E-state index >= 15 is 0 Å². The van der Waals surface area contributed by atoms with Crippen LogP contribution in [0.15, 0.2) is 91.0 Å². The van der Waals surface area contributed by atoms with Gasteiger partial charge in [-0.25, -0.2) is 0 Å². The largest absolute Gasteiger partial charge is 0.491 e. The Morgan fingerprint density at radius 1 is 0.562 bits per heavy atom. The first kappa shape index (κ1) is 20.9. The van der Waals surface area contributed by atoms with Crippen molar-refractivity contribution in [1.82, 2.24) is 0 Å². The summed E-state index contributed by atoms with van der Waals surface area (Å²) in [6, 6.07) is 31.4. The number of rotatable bonds is 0. The minimum absolute atomic E-state index is 0.250. The third-order valence-electron chi connectivity index (χ3n) is 6.91. The van der Waals surface area contributed by atoms with Gasteiger partial charge >= 0.3 is 0 Å². The van der Waals surface area contributed by atoms with E-state index in [0.717, 1.165) is 23.7 Å². The van der Waals surface area contributed by atoms with Gasteiger partial charge in [0.25, 0.3) is 0 Å². The molecule has 0 N–H and O–H groups in total. The maximum atomic E-state index is 6.76. The summed E-state index contributed by atoms with van der Waals surface area (Å²) >= 11 is 0. The van der Waals surface area contributed by atoms with Gasteiger partial charge in [-0.15, -0.1) is 0 Å². The number of ether oxygens (including phenoxy) is 2. The van der Waals surface area contributed by atoms with Crippen LogP contribution in [0.4, 0.5) is 0 Å². The monoisotopic (exact) mass is 422 g/mol. The van der Waals surface area contributed by atoms with Crippen molar-refractivity contribution < 1.29 is 9.47 Å². The van der Waals surface area contributed by atoms with Crippen molar-refractivity contribution in [2.45, 2.75) is 56.9 Å². The molecule has 2 nitrogen and oxygen atoms in total. The van der Waals surface area contributed by atoms with E-state index in [1.54, 1.807) is 0 Å². The van der Waals surface area contributed by atoms with Crippen molar-refractivity contribution >= 4 is 17.6 Å². The third kappa shape index (κ3) is 4.48. The first-order valence-electron chi connectivity index (χ1n) is 12.1. The Hall–Kier alpha value is -2.94. The van der Waals surface area contributed by atoms with Crippen molar-refractivity contribution in [2.24, 2.45) is 0 Å². The Balaban J connectivity index is 1.77. The molecule has 2 aromatic carbocycles. The molecule has 2 aromatic rings. The summed E-state index contributed by atoms with van der Waals surface area (Å²) in [6.07, 6.45) is 9.08. The molecule has 3 aliphatic rings. The minimum atomic E-state index is 0.250. The Labute approximate surface area is 192 Å². The maximum absolute atomic E-state index is 6.76. The summed E-state index contributed by atoms with van der Waals surface area (Å²) in [4.78, 5) is 0. The zero-order valence-electron chi connectivity index (χ0n) is 18.7. The van der Waals surface area contributed by atoms with E-state index in [1.807, 2.05) is 18.2 Å². The normalized spacial score (nSPS) is 20.7. The van der Waals surface area contributed by atoms with Crippen LogP contribution in [0, 0.1) is 0 Å². The average molecular weight is 422 g/mol. The Morgan fingerprint density at radius 3 is 1.88 bits per heavy atom. The predicted molar refractivity (Wildman–Crippen MR) is 134 cm³/mol. The van der Waals surface area contributed by atoms with E-state index in [9.17, 15) is 0 Å². The van der Waals surface area contributed by atoms with Gasteiger partial charge in [-0.05, 0) is 42.3 Å². The van der Waals surface area contributed by atoms with E-state index in [-0.39, 0.29) is 12.8 Å². The molecular formula is C29H31BO2. The first-order chi connectivity index (χ1) is 15.9. The highest BCUT2D eigenvalue weighted by Crippen LogP contribution is 2.40. The van der Waals surface area contributed by atoms with Gasteiger partial charge in [0, 0.05) is 5.46 Å². The first-order valence-corrected chi connectivity index (χ1v) is 12.1. The van der Waals surface area contributed by atoms with Crippen LogP contribution in [0.5, 0.6) is 17.2 Å². The smallest absolute Gasteiger partial charge is 0.230 e. The van der Waals surface area contributed by atoms with Gasteiger partial charge in [-0.3, -0.25) is 0 Å². The summed E-state index contributed by atoms with van der Waals surface area (Å²) in [5, 5.41) is 0. The van der Waals surface area contributed by atoms with E-state index in [2.05, 4.69) is 72.8 Å². The fourth-order valence-corrected chi connectivity index (χ4v) is 5.43. The van der Waals surface area contributed by atoms with Crippen LogP contribution < -0.4 is 20.4 Å². The summed E-state index contributed by atoms with van der Waals surface area (Å²) in [7, 11) is 0. The SMILES string of the molecule is c1ccccc2c(ccc1)Oc1cccccccc3c1B2C1CCCCCCCC1O3. The molecule has 0 amide bonds. The standard InChI is InChI=1S/C29H31BO2/c1-2-7-13-19-25-23(17-11-5-1)30-24-18-12-6-3-8-14-20-26(24)32-28-22-16-10-4-9-15-21-27(31-25)29(28)30/h1-2,4-5,7,9-11,13,15-17,19,21-22,24,26H,3,6,8,12,14,18,20H2. The third-order valence-corrected chi connectivity index (χ3v) is 6.91. The van der Waals surface area contributed by atoms with Gasteiger partial charge in [-0.1, -0.05) is 105 Å². The number of fused-ring (bicyclic) bond motifs is 4. The molecule has 32 heavy (non-hydrogen) atoms. The minimum Gasteiger partial charge on any atom is -0.491 e. The number of hydrogen-bond acceptors (Lipinski definition) is 2. The molecule has 0 bridgehead atoms. The van der Waals surface area contributed by atoms with Gasteiger partial charge in [-0.2, -0.15) is 0 Å². The molecule has 5 rings (SSSR count).